The molecule has 196 valence electrons. The number of para-hydroxylation sites is 1. The molecule has 8 heteroatoms. The molecule has 3 unspecified atom stereocenters. The number of carbonyl (C=O) groups excluding carboxylic acids is 3. The Labute approximate surface area is 214 Å². The average molecular weight is 498 g/mol. The zero-order valence-corrected chi connectivity index (χ0v) is 22.3. The number of amides is 3. The van der Waals surface area contributed by atoms with E-state index in [1.165, 1.54) is 4.90 Å². The van der Waals surface area contributed by atoms with Gasteiger partial charge in [0.15, 0.2) is 0 Å². The quantitative estimate of drug-likeness (QED) is 0.473. The number of aliphatic hydroxyl groups is 1. The van der Waals surface area contributed by atoms with Crippen LogP contribution in [0, 0.1) is 13.8 Å². The van der Waals surface area contributed by atoms with Gasteiger partial charge in [0, 0.05) is 11.7 Å². The lowest BCUT2D eigenvalue weighted by Gasteiger charge is -2.38. The van der Waals surface area contributed by atoms with E-state index >= 15 is 0 Å². The summed E-state index contributed by atoms with van der Waals surface area (Å²) in [5.41, 5.74) is 2.32. The van der Waals surface area contributed by atoms with Crippen LogP contribution in [0.3, 0.4) is 0 Å². The summed E-state index contributed by atoms with van der Waals surface area (Å²) in [6.45, 7) is 12.0. The predicted octanol–water partition coefficient (Wildman–Crippen LogP) is 4.50. The van der Waals surface area contributed by atoms with Crippen LogP contribution in [0.5, 0.6) is 0 Å². The molecule has 0 aliphatic heterocycles. The Morgan fingerprint density at radius 3 is 2.08 bits per heavy atom. The molecule has 0 heterocycles. The maximum absolute atomic E-state index is 13.8. The Hall–Kier alpha value is -3.39. The van der Waals surface area contributed by atoms with Crippen molar-refractivity contribution in [3.63, 3.8) is 0 Å². The summed E-state index contributed by atoms with van der Waals surface area (Å²) in [6, 6.07) is 12.1. The molecule has 36 heavy (non-hydrogen) atoms. The molecule has 0 spiro atoms. The van der Waals surface area contributed by atoms with Gasteiger partial charge in [-0.05, 0) is 64.7 Å². The number of benzene rings is 2. The molecule has 2 aromatic carbocycles. The van der Waals surface area contributed by atoms with Gasteiger partial charge < -0.3 is 25.4 Å². The molecule has 2 rings (SSSR count). The van der Waals surface area contributed by atoms with E-state index in [9.17, 15) is 19.5 Å². The lowest BCUT2D eigenvalue weighted by Crippen LogP contribution is -2.56. The fourth-order valence-electron chi connectivity index (χ4n) is 3.89. The van der Waals surface area contributed by atoms with E-state index < -0.39 is 36.3 Å². The van der Waals surface area contributed by atoms with Crippen molar-refractivity contribution in [3.05, 3.63) is 65.2 Å². The van der Waals surface area contributed by atoms with Crippen molar-refractivity contribution >= 4 is 23.6 Å². The van der Waals surface area contributed by atoms with E-state index in [2.05, 4.69) is 10.6 Å². The smallest absolute Gasteiger partial charge is 0.408 e. The van der Waals surface area contributed by atoms with Gasteiger partial charge in [0.05, 0.1) is 6.61 Å². The minimum Gasteiger partial charge on any atom is -0.444 e. The lowest BCUT2D eigenvalue weighted by atomic mass is 9.99. The Bertz CT molecular complexity index is 1030. The number of carbonyl (C=O) groups is 3. The predicted molar refractivity (Wildman–Crippen MR) is 141 cm³/mol. The molecule has 0 radical (unpaired) electrons. The van der Waals surface area contributed by atoms with Gasteiger partial charge in [-0.1, -0.05) is 55.5 Å². The van der Waals surface area contributed by atoms with Gasteiger partial charge in [-0.2, -0.15) is 0 Å². The zero-order chi connectivity index (χ0) is 27.0. The second kappa shape index (κ2) is 12.5. The van der Waals surface area contributed by atoms with Crippen molar-refractivity contribution in [1.82, 2.24) is 10.2 Å². The van der Waals surface area contributed by atoms with E-state index in [4.69, 9.17) is 4.74 Å². The number of aryl methyl sites for hydroxylation is 2. The van der Waals surface area contributed by atoms with Crippen LogP contribution in [-0.4, -0.2) is 52.2 Å². The lowest BCUT2D eigenvalue weighted by molar-refractivity contribution is -0.144. The number of hydrogen-bond acceptors (Lipinski definition) is 5. The van der Waals surface area contributed by atoms with Gasteiger partial charge in [-0.15, -0.1) is 0 Å². The van der Waals surface area contributed by atoms with Crippen LogP contribution in [0.1, 0.15) is 63.8 Å². The van der Waals surface area contributed by atoms with E-state index in [0.29, 0.717) is 17.7 Å². The van der Waals surface area contributed by atoms with Gasteiger partial charge >= 0.3 is 6.09 Å². The first-order valence-electron chi connectivity index (χ1n) is 12.2. The Morgan fingerprint density at radius 2 is 1.58 bits per heavy atom. The van der Waals surface area contributed by atoms with Crippen LogP contribution in [0.2, 0.25) is 0 Å². The molecule has 3 atom stereocenters. The molecule has 0 aliphatic rings. The molecule has 8 nitrogen and oxygen atoms in total. The monoisotopic (exact) mass is 497 g/mol. The minimum absolute atomic E-state index is 0.374. The Balaban J connectivity index is 2.50. The molecular weight excluding hydrogens is 458 g/mol. The maximum atomic E-state index is 13.8. The molecule has 2 aromatic rings. The van der Waals surface area contributed by atoms with Gasteiger partial charge in [-0.3, -0.25) is 9.59 Å². The van der Waals surface area contributed by atoms with Gasteiger partial charge in [0.25, 0.3) is 5.91 Å². The fraction of sp³-hybridized carbons (Fsp3) is 0.464. The van der Waals surface area contributed by atoms with Crippen LogP contribution < -0.4 is 10.6 Å². The van der Waals surface area contributed by atoms with Crippen molar-refractivity contribution < 1.29 is 24.2 Å². The number of nitrogens with one attached hydrogen (secondary N) is 2. The summed E-state index contributed by atoms with van der Waals surface area (Å²) in [5.74, 6) is -0.968. The second-order valence-electron chi connectivity index (χ2n) is 9.95. The first kappa shape index (κ1) is 28.8. The van der Waals surface area contributed by atoms with E-state index in [1.54, 1.807) is 45.0 Å². The van der Waals surface area contributed by atoms with E-state index in [1.807, 2.05) is 52.0 Å². The number of anilines is 1. The molecular formula is C28H39N3O5. The molecule has 0 saturated carbocycles. The zero-order valence-electron chi connectivity index (χ0n) is 22.3. The van der Waals surface area contributed by atoms with Crippen LogP contribution in [-0.2, 0) is 14.3 Å². The van der Waals surface area contributed by atoms with Crippen molar-refractivity contribution in [2.24, 2.45) is 0 Å². The number of ether oxygens (including phenoxy) is 1. The SMILES string of the molecule is CCC(C)N(C(=O)C(CO)NC(=O)OC(C)(C)C)C(C(=O)Nc1c(C)cccc1C)c1ccccc1. The summed E-state index contributed by atoms with van der Waals surface area (Å²) < 4.78 is 5.27. The molecule has 0 aliphatic carbocycles. The van der Waals surface area contributed by atoms with Crippen LogP contribution >= 0.6 is 0 Å². The number of nitrogens with zero attached hydrogens (tertiary/aromatic N) is 1. The average Bonchev–Trinajstić information content (AvgIpc) is 2.81. The van der Waals surface area contributed by atoms with Crippen molar-refractivity contribution in [2.45, 2.75) is 78.6 Å². The number of alkyl carbamates (subject to hydrolysis) is 1. The third-order valence-electron chi connectivity index (χ3n) is 5.86. The van der Waals surface area contributed by atoms with Crippen molar-refractivity contribution in [2.75, 3.05) is 11.9 Å². The van der Waals surface area contributed by atoms with Gasteiger partial charge in [-0.25, -0.2) is 4.79 Å². The Kier molecular flexibility index (Phi) is 10.0. The maximum Gasteiger partial charge on any atom is 0.408 e. The molecule has 0 saturated heterocycles. The first-order valence-corrected chi connectivity index (χ1v) is 12.2. The van der Waals surface area contributed by atoms with Crippen molar-refractivity contribution in [3.8, 4) is 0 Å². The number of hydrogen-bond donors (Lipinski definition) is 3. The summed E-state index contributed by atoms with van der Waals surface area (Å²) in [7, 11) is 0. The summed E-state index contributed by atoms with van der Waals surface area (Å²) >= 11 is 0. The molecule has 3 N–H and O–H groups in total. The van der Waals surface area contributed by atoms with E-state index in [0.717, 1.165) is 11.1 Å². The van der Waals surface area contributed by atoms with Crippen LogP contribution in [0.25, 0.3) is 0 Å². The third kappa shape index (κ3) is 7.55. The molecule has 0 aromatic heterocycles. The largest absolute Gasteiger partial charge is 0.444 e. The highest BCUT2D eigenvalue weighted by Crippen LogP contribution is 2.29. The fourth-order valence-corrected chi connectivity index (χ4v) is 3.89. The van der Waals surface area contributed by atoms with Crippen molar-refractivity contribution in [1.29, 1.82) is 0 Å². The summed E-state index contributed by atoms with van der Waals surface area (Å²) in [4.78, 5) is 41.5. The minimum atomic E-state index is -1.28. The number of aliphatic hydroxyl groups excluding tert-OH is 1. The second-order valence-corrected chi connectivity index (χ2v) is 9.95. The highest BCUT2D eigenvalue weighted by atomic mass is 16.6. The summed E-state index contributed by atoms with van der Waals surface area (Å²) in [6.07, 6.45) is -0.272. The highest BCUT2D eigenvalue weighted by Gasteiger charge is 2.38. The molecule has 3 amide bonds. The molecule has 0 fully saturated rings. The number of rotatable bonds is 9. The third-order valence-corrected chi connectivity index (χ3v) is 5.86. The van der Waals surface area contributed by atoms with Gasteiger partial charge in [0.1, 0.15) is 17.7 Å². The normalized spacial score (nSPS) is 13.8. The highest BCUT2D eigenvalue weighted by molar-refractivity contribution is 6.00. The first-order chi connectivity index (χ1) is 16.9. The summed E-state index contributed by atoms with van der Waals surface area (Å²) in [5, 5.41) is 15.5. The molecule has 0 bridgehead atoms. The van der Waals surface area contributed by atoms with Crippen LogP contribution in [0.15, 0.2) is 48.5 Å². The Morgan fingerprint density at radius 1 is 1.00 bits per heavy atom. The van der Waals surface area contributed by atoms with Crippen LogP contribution in [0.4, 0.5) is 10.5 Å². The van der Waals surface area contributed by atoms with Gasteiger partial charge in [0.2, 0.25) is 5.91 Å². The standard InChI is InChI=1S/C28H39N3O5/c1-8-20(4)31(26(34)22(17-32)29-27(35)36-28(5,6)7)24(21-15-10-9-11-16-21)25(33)30-23-18(2)13-12-14-19(23)3/h9-16,20,22,24,32H,8,17H2,1-7H3,(H,29,35)(H,30,33). The van der Waals surface area contributed by atoms with E-state index in [-0.39, 0.29) is 11.9 Å². The topological polar surface area (TPSA) is 108 Å².